The van der Waals surface area contributed by atoms with E-state index in [1.54, 1.807) is 18.5 Å². The highest BCUT2D eigenvalue weighted by atomic mass is 32.2. The molecule has 0 radical (unpaired) electrons. The average molecular weight is 641 g/mol. The van der Waals surface area contributed by atoms with Gasteiger partial charge in [0.2, 0.25) is 15.3 Å². The number of aromatic nitrogens is 3. The van der Waals surface area contributed by atoms with Crippen molar-refractivity contribution in [2.75, 3.05) is 42.6 Å². The van der Waals surface area contributed by atoms with Crippen molar-refractivity contribution in [3.8, 4) is 11.5 Å². The summed E-state index contributed by atoms with van der Waals surface area (Å²) in [7, 11) is -4.53. The van der Waals surface area contributed by atoms with Crippen molar-refractivity contribution >= 4 is 44.0 Å². The van der Waals surface area contributed by atoms with Crippen LogP contribution in [0.5, 0.6) is 11.5 Å². The third kappa shape index (κ3) is 5.45. The molecule has 1 fully saturated rings. The normalized spacial score (nSPS) is 20.5. The number of fused-ring (bicyclic) bond motifs is 3. The van der Waals surface area contributed by atoms with Crippen LogP contribution in [0.3, 0.4) is 0 Å². The minimum Gasteiger partial charge on any atom is -0.489 e. The predicted octanol–water partition coefficient (Wildman–Crippen LogP) is 4.02. The lowest BCUT2D eigenvalue weighted by molar-refractivity contribution is 0.0949. The first kappa shape index (κ1) is 29.1. The second-order valence-corrected chi connectivity index (χ2v) is 13.0. The second kappa shape index (κ2) is 11.4. The van der Waals surface area contributed by atoms with Crippen molar-refractivity contribution in [1.82, 2.24) is 20.3 Å². The highest BCUT2D eigenvalue weighted by Crippen LogP contribution is 2.38. The molecule has 3 aliphatic heterocycles. The van der Waals surface area contributed by atoms with Gasteiger partial charge < -0.3 is 24.6 Å². The van der Waals surface area contributed by atoms with E-state index in [0.717, 1.165) is 23.2 Å². The number of pyridine rings is 3. The molecule has 2 atom stereocenters. The summed E-state index contributed by atoms with van der Waals surface area (Å²) in [6.45, 7) is 1.47. The maximum Gasteiger partial charge on any atom is 0.251 e. The van der Waals surface area contributed by atoms with Crippen LogP contribution < -0.4 is 24.6 Å². The molecule has 1 saturated heterocycles. The van der Waals surface area contributed by atoms with E-state index >= 15 is 0 Å². The van der Waals surface area contributed by atoms with Crippen LogP contribution in [-0.4, -0.2) is 73.8 Å². The van der Waals surface area contributed by atoms with Crippen molar-refractivity contribution in [2.24, 2.45) is 0 Å². The van der Waals surface area contributed by atoms with Crippen LogP contribution in [0.1, 0.15) is 28.9 Å². The highest BCUT2D eigenvalue weighted by molar-refractivity contribution is 7.92. The van der Waals surface area contributed by atoms with Crippen molar-refractivity contribution in [3.63, 3.8) is 0 Å². The Morgan fingerprint density at radius 2 is 1.89 bits per heavy atom. The predicted molar refractivity (Wildman–Crippen MR) is 158 cm³/mol. The van der Waals surface area contributed by atoms with E-state index in [0.29, 0.717) is 61.3 Å². The molecule has 7 rings (SSSR count). The van der Waals surface area contributed by atoms with Crippen LogP contribution in [0, 0.1) is 5.82 Å². The fourth-order valence-corrected chi connectivity index (χ4v) is 6.99. The molecule has 0 unspecified atom stereocenters. The summed E-state index contributed by atoms with van der Waals surface area (Å²) in [6, 6.07) is 9.04. The number of hydrogen-bond donors (Lipinski definition) is 1. The maximum absolute atomic E-state index is 14.7. The van der Waals surface area contributed by atoms with Gasteiger partial charge in [-0.2, -0.15) is 0 Å². The quantitative estimate of drug-likeness (QED) is 0.342. The van der Waals surface area contributed by atoms with Gasteiger partial charge in [-0.1, -0.05) is 0 Å². The number of nitrogens with zero attached hydrogens (tertiary/aromatic N) is 5. The molecule has 45 heavy (non-hydrogen) atoms. The van der Waals surface area contributed by atoms with E-state index in [1.807, 2.05) is 28.0 Å². The first-order valence-electron chi connectivity index (χ1n) is 14.3. The van der Waals surface area contributed by atoms with Gasteiger partial charge in [-0.25, -0.2) is 31.6 Å². The molecule has 234 valence electrons. The fourth-order valence-electron chi connectivity index (χ4n) is 5.60. The van der Waals surface area contributed by atoms with E-state index in [-0.39, 0.29) is 18.7 Å². The van der Waals surface area contributed by atoms with E-state index in [4.69, 9.17) is 14.5 Å². The molecule has 0 aliphatic carbocycles. The van der Waals surface area contributed by atoms with Crippen molar-refractivity contribution < 1.29 is 35.9 Å². The Bertz CT molecular complexity index is 1930. The second-order valence-electron chi connectivity index (χ2n) is 10.9. The minimum absolute atomic E-state index is 0.0741. The molecule has 3 aliphatic rings. The molecule has 1 N–H and O–H groups in total. The molecule has 6 heterocycles. The number of anilines is 3. The number of nitrogens with one attached hydrogen (secondary N) is 1. The van der Waals surface area contributed by atoms with Crippen LogP contribution in [0.2, 0.25) is 0 Å². The Morgan fingerprint density at radius 3 is 2.71 bits per heavy atom. The lowest BCUT2D eigenvalue weighted by Gasteiger charge is -2.30. The third-order valence-electron chi connectivity index (χ3n) is 7.97. The number of carbonyl (C=O) groups excluding carboxylic acids is 1. The van der Waals surface area contributed by atoms with Gasteiger partial charge in [0.1, 0.15) is 23.5 Å². The summed E-state index contributed by atoms with van der Waals surface area (Å²) in [5.41, 5.74) is -0.733. The number of alkyl halides is 2. The number of carbonyl (C=O) groups is 1. The van der Waals surface area contributed by atoms with E-state index in [9.17, 15) is 26.4 Å². The lowest BCUT2D eigenvalue weighted by atomic mass is 10.2. The molecule has 3 aromatic heterocycles. The van der Waals surface area contributed by atoms with Crippen LogP contribution in [0.15, 0.2) is 53.7 Å². The number of sulfone groups is 1. The molecule has 11 nitrogen and oxygen atoms in total. The number of rotatable bonds is 5. The van der Waals surface area contributed by atoms with Crippen molar-refractivity contribution in [3.05, 3.63) is 65.9 Å². The number of hydrogen-bond acceptors (Lipinski definition) is 10. The smallest absolute Gasteiger partial charge is 0.251 e. The van der Waals surface area contributed by atoms with Crippen LogP contribution >= 0.6 is 0 Å². The fraction of sp³-hybridized carbons (Fsp3) is 0.333. The molecule has 1 amide bonds. The summed E-state index contributed by atoms with van der Waals surface area (Å²) in [4.78, 5) is 29.9. The van der Waals surface area contributed by atoms with Gasteiger partial charge in [-0.15, -0.1) is 0 Å². The van der Waals surface area contributed by atoms with E-state index in [2.05, 4.69) is 15.3 Å². The number of benzene rings is 1. The molecule has 1 aromatic carbocycles. The lowest BCUT2D eigenvalue weighted by Crippen LogP contribution is -2.30. The van der Waals surface area contributed by atoms with Crippen LogP contribution in [-0.2, 0) is 16.4 Å². The Kier molecular flexibility index (Phi) is 7.34. The van der Waals surface area contributed by atoms with Gasteiger partial charge >= 0.3 is 0 Å². The molecule has 0 spiro atoms. The summed E-state index contributed by atoms with van der Waals surface area (Å²) in [6.07, 6.45) is 2.49. The average Bonchev–Trinajstić information content (AvgIpc) is 3.44. The standard InChI is InChI=1S/C30H27F3N6O5S/c31-19-3-5-38(16-19)21-12-24-29(35-15-21)39(6-8-43-24)27-2-1-17-13-34-20(11-23(17)37-27)14-36-30(40)18-9-22(32)28-25(10-18)45(41,42)26(33)4-7-44-28/h1-2,9-13,15,19,26H,3-8,14,16H2,(H,36,40)/t19-,26-/m1/s1. The SMILES string of the molecule is O=C(NCc1cc2nc(N3CCOc4cc(N5CC[C@@H](F)C5)cnc43)ccc2cn1)c1cc(F)c2c(c1)S(=O)(=O)[C@@H](F)CCO2. The van der Waals surface area contributed by atoms with Crippen molar-refractivity contribution in [1.29, 1.82) is 0 Å². The summed E-state index contributed by atoms with van der Waals surface area (Å²) in [5.74, 6) is -0.652. The van der Waals surface area contributed by atoms with Gasteiger partial charge in [-0.05, 0) is 36.8 Å². The minimum atomic E-state index is -4.53. The Labute approximate surface area is 255 Å². The van der Waals surface area contributed by atoms with Gasteiger partial charge in [-0.3, -0.25) is 9.78 Å². The highest BCUT2D eigenvalue weighted by Gasteiger charge is 2.36. The number of ether oxygens (including phenoxy) is 2. The Hall–Kier alpha value is -4.66. The maximum atomic E-state index is 14.7. The zero-order chi connectivity index (χ0) is 31.3. The zero-order valence-corrected chi connectivity index (χ0v) is 24.6. The molecular formula is C30H27F3N6O5S. The number of halogens is 3. The summed E-state index contributed by atoms with van der Waals surface area (Å²) < 4.78 is 78.8. The third-order valence-corrected chi connectivity index (χ3v) is 9.80. The van der Waals surface area contributed by atoms with E-state index in [1.165, 1.54) is 0 Å². The molecule has 15 heteroatoms. The summed E-state index contributed by atoms with van der Waals surface area (Å²) >= 11 is 0. The van der Waals surface area contributed by atoms with Crippen LogP contribution in [0.25, 0.3) is 10.9 Å². The zero-order valence-electron chi connectivity index (χ0n) is 23.7. The van der Waals surface area contributed by atoms with Gasteiger partial charge in [0, 0.05) is 42.7 Å². The van der Waals surface area contributed by atoms with Gasteiger partial charge in [0.05, 0.1) is 42.8 Å². The number of amides is 1. The first-order chi connectivity index (χ1) is 21.7. The Balaban J connectivity index is 1.10. The molecular weight excluding hydrogens is 613 g/mol. The Morgan fingerprint density at radius 1 is 1.02 bits per heavy atom. The van der Waals surface area contributed by atoms with E-state index < -0.39 is 50.3 Å². The van der Waals surface area contributed by atoms with Crippen molar-refractivity contribution in [2.45, 2.75) is 36.0 Å². The molecule has 0 bridgehead atoms. The summed E-state index contributed by atoms with van der Waals surface area (Å²) in [5, 5.41) is 3.35. The van der Waals surface area contributed by atoms with Crippen LogP contribution in [0.4, 0.5) is 30.5 Å². The first-order valence-corrected chi connectivity index (χ1v) is 15.9. The monoisotopic (exact) mass is 640 g/mol. The van der Waals surface area contributed by atoms with Gasteiger partial charge in [0.15, 0.2) is 23.1 Å². The molecule has 4 aromatic rings. The largest absolute Gasteiger partial charge is 0.489 e. The molecule has 0 saturated carbocycles. The topological polar surface area (TPSA) is 127 Å². The van der Waals surface area contributed by atoms with Gasteiger partial charge in [0.25, 0.3) is 5.91 Å².